The first-order chi connectivity index (χ1) is 9.51. The molecule has 3 N–H and O–H groups in total. The molecule has 0 radical (unpaired) electrons. The molecule has 0 aliphatic carbocycles. The minimum atomic E-state index is -1.36. The number of benzene rings is 1. The first-order valence-corrected chi connectivity index (χ1v) is 6.21. The van der Waals surface area contributed by atoms with Gasteiger partial charge in [-0.3, -0.25) is 0 Å². The number of hydrogen-bond donors (Lipinski definition) is 3. The lowest BCUT2D eigenvalue weighted by molar-refractivity contribution is 0.0692. The molecule has 1 aromatic carbocycles. The number of carbonyl (C=O) groups excluding carboxylic acids is 1. The van der Waals surface area contributed by atoms with Gasteiger partial charge in [-0.1, -0.05) is 0 Å². The van der Waals surface area contributed by atoms with E-state index in [2.05, 4.69) is 5.32 Å². The topological polar surface area (TPSA) is 89.9 Å². The van der Waals surface area contributed by atoms with Gasteiger partial charge < -0.3 is 20.4 Å². The Hall–Kier alpha value is -2.15. The van der Waals surface area contributed by atoms with Crippen LogP contribution in [0.3, 0.4) is 0 Å². The van der Waals surface area contributed by atoms with E-state index >= 15 is 0 Å². The molecule has 1 unspecified atom stereocenters. The second-order valence-corrected chi connectivity index (χ2v) is 4.71. The number of aliphatic hydroxyl groups excluding tert-OH is 1. The maximum atomic E-state index is 13.5. The molecule has 1 heterocycles. The lowest BCUT2D eigenvalue weighted by Crippen LogP contribution is -2.33. The van der Waals surface area contributed by atoms with Crippen molar-refractivity contribution in [1.29, 1.82) is 0 Å². The van der Waals surface area contributed by atoms with Crippen molar-refractivity contribution < 1.29 is 24.2 Å². The summed E-state index contributed by atoms with van der Waals surface area (Å²) < 4.78 is 13.5. The Morgan fingerprint density at radius 2 is 2.20 bits per heavy atom. The fourth-order valence-electron chi connectivity index (χ4n) is 2.13. The maximum absolute atomic E-state index is 13.5. The fraction of sp³-hybridized carbons (Fsp3) is 0.385. The van der Waals surface area contributed by atoms with Gasteiger partial charge in [0.1, 0.15) is 5.82 Å². The van der Waals surface area contributed by atoms with Crippen molar-refractivity contribution in [3.05, 3.63) is 29.6 Å². The van der Waals surface area contributed by atoms with Crippen molar-refractivity contribution in [3.63, 3.8) is 0 Å². The highest BCUT2D eigenvalue weighted by Gasteiger charge is 2.25. The Labute approximate surface area is 114 Å². The average Bonchev–Trinajstić information content (AvgIpc) is 2.87. The monoisotopic (exact) mass is 282 g/mol. The number of nitrogens with one attached hydrogen (secondary N) is 1. The summed E-state index contributed by atoms with van der Waals surface area (Å²) in [4.78, 5) is 24.1. The van der Waals surface area contributed by atoms with E-state index in [1.807, 2.05) is 0 Å². The summed E-state index contributed by atoms with van der Waals surface area (Å²) in [6.45, 7) is 1.02. The SMILES string of the molecule is O=C(O)c1ccc(NC(=O)N2CCC(CO)C2)cc1F. The van der Waals surface area contributed by atoms with Gasteiger partial charge in [0.05, 0.1) is 5.56 Å². The number of carboxylic acids is 1. The third kappa shape index (κ3) is 3.05. The van der Waals surface area contributed by atoms with Crippen LogP contribution in [0.2, 0.25) is 0 Å². The van der Waals surface area contributed by atoms with Crippen LogP contribution in [0.1, 0.15) is 16.8 Å². The molecule has 2 rings (SSSR count). The molecule has 2 amide bonds. The Morgan fingerprint density at radius 3 is 2.75 bits per heavy atom. The van der Waals surface area contributed by atoms with Crippen LogP contribution in [0.15, 0.2) is 18.2 Å². The van der Waals surface area contributed by atoms with Gasteiger partial charge in [-0.2, -0.15) is 0 Å². The second-order valence-electron chi connectivity index (χ2n) is 4.71. The normalized spacial score (nSPS) is 18.1. The van der Waals surface area contributed by atoms with E-state index in [9.17, 15) is 14.0 Å². The molecule has 7 heteroatoms. The van der Waals surface area contributed by atoms with Gasteiger partial charge in [-0.05, 0) is 24.6 Å². The molecule has 108 valence electrons. The van der Waals surface area contributed by atoms with E-state index in [1.165, 1.54) is 11.0 Å². The molecule has 1 aromatic rings. The lowest BCUT2D eigenvalue weighted by atomic mass is 10.1. The zero-order chi connectivity index (χ0) is 14.7. The Morgan fingerprint density at radius 1 is 1.45 bits per heavy atom. The van der Waals surface area contributed by atoms with Gasteiger partial charge in [-0.25, -0.2) is 14.0 Å². The minimum absolute atomic E-state index is 0.0334. The van der Waals surface area contributed by atoms with Gasteiger partial charge in [0.15, 0.2) is 0 Å². The predicted molar refractivity (Wildman–Crippen MR) is 69.1 cm³/mol. The zero-order valence-corrected chi connectivity index (χ0v) is 10.7. The first kappa shape index (κ1) is 14.3. The number of nitrogens with zero attached hydrogens (tertiary/aromatic N) is 1. The first-order valence-electron chi connectivity index (χ1n) is 6.21. The van der Waals surface area contributed by atoms with E-state index in [0.29, 0.717) is 13.1 Å². The molecular formula is C13H15FN2O4. The van der Waals surface area contributed by atoms with Crippen LogP contribution < -0.4 is 5.32 Å². The molecule has 6 nitrogen and oxygen atoms in total. The van der Waals surface area contributed by atoms with Gasteiger partial charge in [0.2, 0.25) is 0 Å². The van der Waals surface area contributed by atoms with Crippen molar-refractivity contribution in [3.8, 4) is 0 Å². The number of halogens is 1. The molecule has 20 heavy (non-hydrogen) atoms. The van der Waals surface area contributed by atoms with Crippen molar-refractivity contribution >= 4 is 17.7 Å². The Bertz CT molecular complexity index is 535. The van der Waals surface area contributed by atoms with E-state index in [0.717, 1.165) is 18.6 Å². The van der Waals surface area contributed by atoms with Crippen molar-refractivity contribution in [2.75, 3.05) is 25.0 Å². The average molecular weight is 282 g/mol. The largest absolute Gasteiger partial charge is 0.478 e. The highest BCUT2D eigenvalue weighted by atomic mass is 19.1. The summed E-state index contributed by atoms with van der Waals surface area (Å²) in [5.41, 5.74) is -0.241. The molecule has 0 spiro atoms. The number of urea groups is 1. The third-order valence-electron chi connectivity index (χ3n) is 3.28. The molecule has 0 aromatic heterocycles. The van der Waals surface area contributed by atoms with Crippen LogP contribution in [-0.2, 0) is 0 Å². The molecule has 1 aliphatic heterocycles. The van der Waals surface area contributed by atoms with E-state index < -0.39 is 17.3 Å². The molecule has 1 aliphatic rings. The minimum Gasteiger partial charge on any atom is -0.478 e. The van der Waals surface area contributed by atoms with Crippen LogP contribution >= 0.6 is 0 Å². The van der Waals surface area contributed by atoms with Gasteiger partial charge >= 0.3 is 12.0 Å². The van der Waals surface area contributed by atoms with E-state index in [4.69, 9.17) is 10.2 Å². The number of carbonyl (C=O) groups is 2. The number of amides is 2. The van der Waals surface area contributed by atoms with E-state index in [-0.39, 0.29) is 24.2 Å². The highest BCUT2D eigenvalue weighted by molar-refractivity contribution is 5.92. The van der Waals surface area contributed by atoms with Crippen molar-refractivity contribution in [2.45, 2.75) is 6.42 Å². The van der Waals surface area contributed by atoms with Gasteiger partial charge in [0, 0.05) is 31.3 Å². The quantitative estimate of drug-likeness (QED) is 0.781. The van der Waals surface area contributed by atoms with Crippen molar-refractivity contribution in [2.24, 2.45) is 5.92 Å². The summed E-state index contributed by atoms with van der Waals surface area (Å²) in [6.07, 6.45) is 0.732. The maximum Gasteiger partial charge on any atom is 0.338 e. The fourth-order valence-corrected chi connectivity index (χ4v) is 2.13. The van der Waals surface area contributed by atoms with Crippen LogP contribution in [0.5, 0.6) is 0 Å². The number of aliphatic hydroxyl groups is 1. The molecule has 1 atom stereocenters. The second kappa shape index (κ2) is 5.87. The van der Waals surface area contributed by atoms with Crippen molar-refractivity contribution in [1.82, 2.24) is 4.90 Å². The zero-order valence-electron chi connectivity index (χ0n) is 10.7. The molecule has 0 saturated carbocycles. The summed E-state index contributed by atoms with van der Waals surface area (Å²) in [7, 11) is 0. The van der Waals surface area contributed by atoms with Gasteiger partial charge in [0.25, 0.3) is 0 Å². The predicted octanol–water partition coefficient (Wildman–Crippen LogP) is 1.37. The van der Waals surface area contributed by atoms with Crippen LogP contribution in [0.4, 0.5) is 14.9 Å². The Balaban J connectivity index is 2.02. The number of rotatable bonds is 3. The Kier molecular flexibility index (Phi) is 4.19. The van der Waals surface area contributed by atoms with Crippen LogP contribution in [-0.4, -0.2) is 46.8 Å². The van der Waals surface area contributed by atoms with Gasteiger partial charge in [-0.15, -0.1) is 0 Å². The number of likely N-dealkylation sites (tertiary alicyclic amines) is 1. The lowest BCUT2D eigenvalue weighted by Gasteiger charge is -2.17. The van der Waals surface area contributed by atoms with Crippen LogP contribution in [0.25, 0.3) is 0 Å². The number of aromatic carboxylic acids is 1. The summed E-state index contributed by atoms with van der Waals surface area (Å²) >= 11 is 0. The molecule has 1 fully saturated rings. The standard InChI is InChI=1S/C13H15FN2O4/c14-11-5-9(1-2-10(11)12(18)19)15-13(20)16-4-3-8(6-16)7-17/h1-2,5,8,17H,3-4,6-7H2,(H,15,20)(H,18,19). The summed E-state index contributed by atoms with van der Waals surface area (Å²) in [5.74, 6) is -2.18. The van der Waals surface area contributed by atoms with Crippen LogP contribution in [0, 0.1) is 11.7 Å². The smallest absolute Gasteiger partial charge is 0.338 e. The number of anilines is 1. The molecule has 1 saturated heterocycles. The highest BCUT2D eigenvalue weighted by Crippen LogP contribution is 2.18. The molecule has 0 bridgehead atoms. The summed E-state index contributed by atoms with van der Waals surface area (Å²) in [6, 6.07) is 3.03. The summed E-state index contributed by atoms with van der Waals surface area (Å²) in [5, 5.41) is 20.2. The third-order valence-corrected chi connectivity index (χ3v) is 3.28. The number of carboxylic acid groups (broad SMARTS) is 1. The van der Waals surface area contributed by atoms with E-state index in [1.54, 1.807) is 0 Å². The number of hydrogen-bond acceptors (Lipinski definition) is 3. The molecular weight excluding hydrogens is 267 g/mol.